The molecule has 1 amide bonds. The molecule has 0 fully saturated rings. The summed E-state index contributed by atoms with van der Waals surface area (Å²) >= 11 is 0. The minimum atomic E-state index is -0.814. The van der Waals surface area contributed by atoms with Gasteiger partial charge in [-0.1, -0.05) is 12.1 Å². The summed E-state index contributed by atoms with van der Waals surface area (Å²) in [7, 11) is 3.50. The third-order valence-corrected chi connectivity index (χ3v) is 3.69. The highest BCUT2D eigenvalue weighted by Gasteiger charge is 2.21. The van der Waals surface area contributed by atoms with Crippen molar-refractivity contribution in [1.82, 2.24) is 20.4 Å². The third kappa shape index (κ3) is 5.30. The molecule has 0 saturated carbocycles. The number of amides is 1. The van der Waals surface area contributed by atoms with Gasteiger partial charge in [0.25, 0.3) is 0 Å². The SMILES string of the molecule is CNC(C(=O)NCC(O)c1cccc(OC(C)C)c1)c1cnn(C)c1. The van der Waals surface area contributed by atoms with Crippen molar-refractivity contribution in [2.75, 3.05) is 13.6 Å². The maximum absolute atomic E-state index is 12.4. The number of carbonyl (C=O) groups excluding carboxylic acids is 1. The lowest BCUT2D eigenvalue weighted by molar-refractivity contribution is -0.123. The van der Waals surface area contributed by atoms with Crippen molar-refractivity contribution in [2.24, 2.45) is 7.05 Å². The monoisotopic (exact) mass is 346 g/mol. The van der Waals surface area contributed by atoms with Crippen LogP contribution in [-0.4, -0.2) is 40.5 Å². The summed E-state index contributed by atoms with van der Waals surface area (Å²) in [6.45, 7) is 4.00. The first-order chi connectivity index (χ1) is 11.9. The van der Waals surface area contributed by atoms with Crippen molar-refractivity contribution < 1.29 is 14.6 Å². The van der Waals surface area contributed by atoms with Gasteiger partial charge in [-0.15, -0.1) is 0 Å². The topological polar surface area (TPSA) is 88.4 Å². The van der Waals surface area contributed by atoms with E-state index in [1.165, 1.54) is 0 Å². The zero-order valence-electron chi connectivity index (χ0n) is 15.1. The fraction of sp³-hybridized carbons (Fsp3) is 0.444. The van der Waals surface area contributed by atoms with Gasteiger partial charge in [0.2, 0.25) is 5.91 Å². The number of aliphatic hydroxyl groups excluding tert-OH is 1. The predicted octanol–water partition coefficient (Wildman–Crippen LogP) is 1.32. The molecule has 0 bridgehead atoms. The van der Waals surface area contributed by atoms with Crippen LogP contribution in [0.15, 0.2) is 36.7 Å². The molecule has 0 aliphatic carbocycles. The highest BCUT2D eigenvalue weighted by Crippen LogP contribution is 2.20. The van der Waals surface area contributed by atoms with Gasteiger partial charge in [-0.25, -0.2) is 0 Å². The van der Waals surface area contributed by atoms with Gasteiger partial charge in [0.15, 0.2) is 0 Å². The first kappa shape index (κ1) is 19.0. The first-order valence-electron chi connectivity index (χ1n) is 8.29. The Morgan fingerprint density at radius 1 is 1.36 bits per heavy atom. The molecule has 0 saturated heterocycles. The molecule has 0 radical (unpaired) electrons. The molecule has 1 aromatic heterocycles. The second-order valence-electron chi connectivity index (χ2n) is 6.17. The number of likely N-dealkylation sites (N-methyl/N-ethyl adjacent to an activating group) is 1. The maximum atomic E-state index is 12.4. The molecule has 2 atom stereocenters. The van der Waals surface area contributed by atoms with Crippen LogP contribution < -0.4 is 15.4 Å². The number of aliphatic hydroxyl groups is 1. The average molecular weight is 346 g/mol. The fourth-order valence-corrected chi connectivity index (χ4v) is 2.52. The Morgan fingerprint density at radius 2 is 2.12 bits per heavy atom. The molecule has 0 spiro atoms. The van der Waals surface area contributed by atoms with E-state index in [-0.39, 0.29) is 18.6 Å². The number of carbonyl (C=O) groups is 1. The lowest BCUT2D eigenvalue weighted by atomic mass is 10.1. The standard InChI is InChI=1S/C18H26N4O3/c1-12(2)25-15-7-5-6-13(8-15)16(23)10-20-18(24)17(19-3)14-9-21-22(4)11-14/h5-9,11-12,16-17,19,23H,10H2,1-4H3,(H,20,24). The summed E-state index contributed by atoms with van der Waals surface area (Å²) in [5, 5.41) is 20.2. The van der Waals surface area contributed by atoms with Gasteiger partial charge in [-0.2, -0.15) is 5.10 Å². The van der Waals surface area contributed by atoms with Gasteiger partial charge in [-0.3, -0.25) is 9.48 Å². The summed E-state index contributed by atoms with van der Waals surface area (Å²) in [5.41, 5.74) is 1.46. The molecule has 136 valence electrons. The summed E-state index contributed by atoms with van der Waals surface area (Å²) in [6.07, 6.45) is 2.67. The number of hydrogen-bond donors (Lipinski definition) is 3. The van der Waals surface area contributed by atoms with Crippen molar-refractivity contribution in [1.29, 1.82) is 0 Å². The number of hydrogen-bond acceptors (Lipinski definition) is 5. The first-order valence-corrected chi connectivity index (χ1v) is 8.29. The van der Waals surface area contributed by atoms with E-state index in [0.717, 1.165) is 5.56 Å². The van der Waals surface area contributed by atoms with Gasteiger partial charge in [0.05, 0.1) is 18.4 Å². The molecular weight excluding hydrogens is 320 g/mol. The number of nitrogens with zero attached hydrogens (tertiary/aromatic N) is 2. The second kappa shape index (κ2) is 8.64. The van der Waals surface area contributed by atoms with E-state index in [1.807, 2.05) is 26.0 Å². The Balaban J connectivity index is 1.96. The molecule has 7 heteroatoms. The highest BCUT2D eigenvalue weighted by atomic mass is 16.5. The summed E-state index contributed by atoms with van der Waals surface area (Å²) in [5.74, 6) is 0.477. The van der Waals surface area contributed by atoms with E-state index in [1.54, 1.807) is 43.3 Å². The molecule has 1 aromatic carbocycles. The number of aryl methyl sites for hydroxylation is 1. The number of rotatable bonds is 8. The van der Waals surface area contributed by atoms with E-state index in [2.05, 4.69) is 15.7 Å². The summed E-state index contributed by atoms with van der Waals surface area (Å²) in [6, 6.07) is 6.74. The van der Waals surface area contributed by atoms with Gasteiger partial charge in [-0.05, 0) is 38.6 Å². The van der Waals surface area contributed by atoms with Gasteiger partial charge >= 0.3 is 0 Å². The molecule has 3 N–H and O–H groups in total. The lowest BCUT2D eigenvalue weighted by Gasteiger charge is -2.18. The van der Waals surface area contributed by atoms with Crippen LogP contribution in [0.25, 0.3) is 0 Å². The predicted molar refractivity (Wildman–Crippen MR) is 95.2 cm³/mol. The van der Waals surface area contributed by atoms with Crippen molar-refractivity contribution >= 4 is 5.91 Å². The smallest absolute Gasteiger partial charge is 0.241 e. The van der Waals surface area contributed by atoms with Crippen molar-refractivity contribution in [3.05, 3.63) is 47.8 Å². The van der Waals surface area contributed by atoms with E-state index in [4.69, 9.17) is 4.74 Å². The minimum absolute atomic E-state index is 0.0583. The zero-order chi connectivity index (χ0) is 18.4. The Morgan fingerprint density at radius 3 is 2.72 bits per heavy atom. The highest BCUT2D eigenvalue weighted by molar-refractivity contribution is 5.83. The van der Waals surface area contributed by atoms with Gasteiger partial charge in [0, 0.05) is 25.4 Å². The largest absolute Gasteiger partial charge is 0.491 e. The van der Waals surface area contributed by atoms with Gasteiger partial charge in [0.1, 0.15) is 11.8 Å². The Kier molecular flexibility index (Phi) is 6.55. The third-order valence-electron chi connectivity index (χ3n) is 3.69. The Labute approximate surface area is 148 Å². The number of benzene rings is 1. The number of nitrogens with one attached hydrogen (secondary N) is 2. The zero-order valence-corrected chi connectivity index (χ0v) is 15.1. The quantitative estimate of drug-likeness (QED) is 0.671. The number of aromatic nitrogens is 2. The molecule has 2 unspecified atom stereocenters. The lowest BCUT2D eigenvalue weighted by Crippen LogP contribution is -2.37. The molecule has 1 heterocycles. The van der Waals surface area contributed by atoms with Crippen LogP contribution in [0.1, 0.15) is 37.1 Å². The molecule has 2 rings (SSSR count). The average Bonchev–Trinajstić information content (AvgIpc) is 2.99. The van der Waals surface area contributed by atoms with Crippen LogP contribution in [0.2, 0.25) is 0 Å². The van der Waals surface area contributed by atoms with Crippen molar-refractivity contribution in [3.8, 4) is 5.75 Å². The molecule has 2 aromatic rings. The van der Waals surface area contributed by atoms with Crippen LogP contribution >= 0.6 is 0 Å². The van der Waals surface area contributed by atoms with Crippen LogP contribution in [0.5, 0.6) is 5.75 Å². The van der Waals surface area contributed by atoms with Gasteiger partial charge < -0.3 is 20.5 Å². The van der Waals surface area contributed by atoms with Crippen LogP contribution in [0.3, 0.4) is 0 Å². The molecular formula is C18H26N4O3. The van der Waals surface area contributed by atoms with E-state index < -0.39 is 12.1 Å². The van der Waals surface area contributed by atoms with Crippen molar-refractivity contribution in [2.45, 2.75) is 32.1 Å². The normalized spacial score (nSPS) is 13.5. The Hall–Kier alpha value is -2.38. The fourth-order valence-electron chi connectivity index (χ4n) is 2.52. The minimum Gasteiger partial charge on any atom is -0.491 e. The van der Waals surface area contributed by atoms with Crippen LogP contribution in [-0.2, 0) is 11.8 Å². The van der Waals surface area contributed by atoms with Crippen LogP contribution in [0, 0.1) is 0 Å². The second-order valence-corrected chi connectivity index (χ2v) is 6.17. The van der Waals surface area contributed by atoms with E-state index in [0.29, 0.717) is 11.3 Å². The maximum Gasteiger partial charge on any atom is 0.241 e. The molecule has 0 aliphatic rings. The summed E-state index contributed by atoms with van der Waals surface area (Å²) in [4.78, 5) is 12.4. The summed E-state index contributed by atoms with van der Waals surface area (Å²) < 4.78 is 7.27. The van der Waals surface area contributed by atoms with E-state index in [9.17, 15) is 9.90 Å². The van der Waals surface area contributed by atoms with Crippen LogP contribution in [0.4, 0.5) is 0 Å². The molecule has 0 aliphatic heterocycles. The molecule has 25 heavy (non-hydrogen) atoms. The van der Waals surface area contributed by atoms with E-state index >= 15 is 0 Å². The molecule has 7 nitrogen and oxygen atoms in total. The van der Waals surface area contributed by atoms with Crippen molar-refractivity contribution in [3.63, 3.8) is 0 Å². The Bertz CT molecular complexity index is 699. The number of ether oxygens (including phenoxy) is 1.